The maximum Gasteiger partial charge on any atom is 0.339 e. The first-order valence-corrected chi connectivity index (χ1v) is 10.4. The largest absolute Gasteiger partial charge is 0.462 e. The minimum absolute atomic E-state index is 0.0888. The molecule has 1 aromatic heterocycles. The van der Waals surface area contributed by atoms with E-state index in [9.17, 15) is 19.6 Å². The van der Waals surface area contributed by atoms with Crippen molar-refractivity contribution in [3.8, 4) is 17.4 Å². The normalized spacial score (nSPS) is 15.3. The Morgan fingerprint density at radius 3 is 2.69 bits per heavy atom. The molecule has 2 aromatic rings. The van der Waals surface area contributed by atoms with Crippen LogP contribution in [-0.4, -0.2) is 36.3 Å². The monoisotopic (exact) mass is 452 g/mol. The van der Waals surface area contributed by atoms with Crippen LogP contribution in [0, 0.1) is 11.3 Å². The summed E-state index contributed by atoms with van der Waals surface area (Å²) in [7, 11) is 1.32. The Hall–Kier alpha value is -3.63. The number of nitriles is 1. The van der Waals surface area contributed by atoms with Gasteiger partial charge in [-0.2, -0.15) is 5.26 Å². The minimum atomic E-state index is -0.633. The van der Waals surface area contributed by atoms with E-state index in [1.54, 1.807) is 37.3 Å². The number of carbonyl (C=O) groups excluding carboxylic acids is 3. The van der Waals surface area contributed by atoms with Crippen LogP contribution < -0.4 is 0 Å². The number of imide groups is 1. The molecule has 3 rings (SSSR count). The van der Waals surface area contributed by atoms with Gasteiger partial charge in [-0.15, -0.1) is 0 Å². The summed E-state index contributed by atoms with van der Waals surface area (Å²) in [6.07, 6.45) is 3.15. The topological polar surface area (TPSA) is 101 Å². The van der Waals surface area contributed by atoms with E-state index < -0.39 is 17.8 Å². The summed E-state index contributed by atoms with van der Waals surface area (Å²) in [6.45, 7) is 3.87. The summed E-state index contributed by atoms with van der Waals surface area (Å²) >= 11 is 6.17. The fourth-order valence-corrected chi connectivity index (χ4v) is 3.34. The summed E-state index contributed by atoms with van der Waals surface area (Å²) in [5.41, 5.74) is 1.24. The zero-order chi connectivity index (χ0) is 23.4. The van der Waals surface area contributed by atoms with Crippen molar-refractivity contribution < 1.29 is 23.5 Å². The van der Waals surface area contributed by atoms with Crippen LogP contribution in [0.25, 0.3) is 17.4 Å². The fourth-order valence-electron chi connectivity index (χ4n) is 3.15. The molecule has 7 nitrogen and oxygen atoms in total. The van der Waals surface area contributed by atoms with Gasteiger partial charge in [-0.25, -0.2) is 4.79 Å². The van der Waals surface area contributed by atoms with Crippen molar-refractivity contribution >= 4 is 35.5 Å². The van der Waals surface area contributed by atoms with Crippen LogP contribution in [0.3, 0.4) is 0 Å². The maximum absolute atomic E-state index is 12.5. The zero-order valence-electron chi connectivity index (χ0n) is 17.9. The van der Waals surface area contributed by atoms with Crippen LogP contribution in [0.4, 0.5) is 0 Å². The Morgan fingerprint density at radius 1 is 1.25 bits per heavy atom. The molecule has 0 spiro atoms. The van der Waals surface area contributed by atoms with Crippen LogP contribution in [0.2, 0.25) is 5.02 Å². The van der Waals surface area contributed by atoms with Crippen molar-refractivity contribution in [1.29, 1.82) is 5.26 Å². The molecule has 32 heavy (non-hydrogen) atoms. The van der Waals surface area contributed by atoms with E-state index in [0.717, 1.165) is 17.7 Å². The maximum atomic E-state index is 12.5. The third-order valence-electron chi connectivity index (χ3n) is 5.06. The second-order valence-corrected chi connectivity index (χ2v) is 7.63. The van der Waals surface area contributed by atoms with E-state index in [1.165, 1.54) is 13.1 Å². The van der Waals surface area contributed by atoms with Gasteiger partial charge in [0, 0.05) is 18.2 Å². The summed E-state index contributed by atoms with van der Waals surface area (Å²) < 4.78 is 11.1. The number of nitrogens with zero attached hydrogens (tertiary/aromatic N) is 2. The SMILES string of the molecule is CCCCOC(=O)c1cc(-c2ccc(/C=C3/C(=O)N(C)C(=O)C(C#N)=C3C)o2)ccc1Cl. The number of rotatable bonds is 6. The molecule has 0 N–H and O–H groups in total. The third-order valence-corrected chi connectivity index (χ3v) is 5.39. The lowest BCUT2D eigenvalue weighted by molar-refractivity contribution is -0.138. The molecule has 8 heteroatoms. The fraction of sp³-hybridized carbons (Fsp3) is 0.250. The average molecular weight is 453 g/mol. The zero-order valence-corrected chi connectivity index (χ0v) is 18.7. The number of furan rings is 1. The van der Waals surface area contributed by atoms with Gasteiger partial charge in [0.1, 0.15) is 23.2 Å². The molecule has 2 heterocycles. The Morgan fingerprint density at radius 2 is 2.00 bits per heavy atom. The Kier molecular flexibility index (Phi) is 6.96. The smallest absolute Gasteiger partial charge is 0.339 e. The van der Waals surface area contributed by atoms with Gasteiger partial charge < -0.3 is 9.15 Å². The summed E-state index contributed by atoms with van der Waals surface area (Å²) in [5, 5.41) is 9.54. The number of halogens is 1. The average Bonchev–Trinajstić information content (AvgIpc) is 3.25. The van der Waals surface area contributed by atoms with E-state index >= 15 is 0 Å². The number of carbonyl (C=O) groups is 3. The Labute approximate surface area is 190 Å². The van der Waals surface area contributed by atoms with Crippen LogP contribution >= 0.6 is 11.6 Å². The molecule has 1 aromatic carbocycles. The first kappa shape index (κ1) is 23.0. The number of ether oxygens (including phenoxy) is 1. The minimum Gasteiger partial charge on any atom is -0.462 e. The van der Waals surface area contributed by atoms with Gasteiger partial charge in [-0.05, 0) is 55.3 Å². The number of benzene rings is 1. The molecule has 0 unspecified atom stereocenters. The van der Waals surface area contributed by atoms with Crippen LogP contribution in [-0.2, 0) is 14.3 Å². The van der Waals surface area contributed by atoms with Crippen molar-refractivity contribution in [3.05, 3.63) is 63.4 Å². The quantitative estimate of drug-likeness (QED) is 0.270. The number of hydrogen-bond acceptors (Lipinski definition) is 6. The molecule has 0 atom stereocenters. The third kappa shape index (κ3) is 4.51. The molecule has 1 aliphatic rings. The number of esters is 1. The van der Waals surface area contributed by atoms with Crippen molar-refractivity contribution in [2.45, 2.75) is 26.7 Å². The van der Waals surface area contributed by atoms with Gasteiger partial charge in [-0.1, -0.05) is 24.9 Å². The highest BCUT2D eigenvalue weighted by Crippen LogP contribution is 2.30. The highest BCUT2D eigenvalue weighted by molar-refractivity contribution is 6.33. The predicted octanol–water partition coefficient (Wildman–Crippen LogP) is 4.78. The lowest BCUT2D eigenvalue weighted by Crippen LogP contribution is -2.39. The van der Waals surface area contributed by atoms with Crippen molar-refractivity contribution in [1.82, 2.24) is 4.90 Å². The van der Waals surface area contributed by atoms with Gasteiger partial charge in [-0.3, -0.25) is 14.5 Å². The van der Waals surface area contributed by atoms with Gasteiger partial charge in [0.05, 0.1) is 17.2 Å². The van der Waals surface area contributed by atoms with Crippen molar-refractivity contribution in [2.24, 2.45) is 0 Å². The first-order chi connectivity index (χ1) is 15.3. The molecule has 0 radical (unpaired) electrons. The van der Waals surface area contributed by atoms with Gasteiger partial charge >= 0.3 is 5.97 Å². The van der Waals surface area contributed by atoms with Crippen LogP contribution in [0.15, 0.2) is 51.5 Å². The molecule has 0 saturated carbocycles. The second-order valence-electron chi connectivity index (χ2n) is 7.23. The molecule has 0 aliphatic carbocycles. The van der Waals surface area contributed by atoms with Gasteiger partial charge in [0.25, 0.3) is 11.8 Å². The summed E-state index contributed by atoms with van der Waals surface area (Å²) in [4.78, 5) is 37.9. The molecule has 0 bridgehead atoms. The lowest BCUT2D eigenvalue weighted by Gasteiger charge is -2.23. The predicted molar refractivity (Wildman–Crippen MR) is 118 cm³/mol. The number of amides is 2. The molecule has 2 amide bonds. The molecule has 0 fully saturated rings. The molecular formula is C24H21ClN2O5. The number of unbranched alkanes of at least 4 members (excludes halogenated alkanes) is 1. The Bertz CT molecular complexity index is 1200. The van der Waals surface area contributed by atoms with Crippen LogP contribution in [0.1, 0.15) is 42.8 Å². The molecular weight excluding hydrogens is 432 g/mol. The standard InChI is InChI=1S/C24H21ClN2O5/c1-4-5-10-31-24(30)18-11-15(6-8-20(18)25)21-9-7-16(32-21)12-17-14(2)19(13-26)23(29)27(3)22(17)28/h6-9,11-12H,4-5,10H2,1-3H3/b17-12+. The van der Waals surface area contributed by atoms with E-state index in [-0.39, 0.29) is 21.7 Å². The molecule has 0 saturated heterocycles. The van der Waals surface area contributed by atoms with Crippen molar-refractivity contribution in [3.63, 3.8) is 0 Å². The summed E-state index contributed by atoms with van der Waals surface area (Å²) in [5.74, 6) is -0.861. The van der Waals surface area contributed by atoms with Gasteiger partial charge in [0.2, 0.25) is 0 Å². The van der Waals surface area contributed by atoms with E-state index in [4.69, 9.17) is 20.8 Å². The number of likely N-dealkylation sites (N-methyl/N-ethyl adjacent to an activating group) is 1. The highest BCUT2D eigenvalue weighted by atomic mass is 35.5. The van der Waals surface area contributed by atoms with Gasteiger partial charge in [0.15, 0.2) is 0 Å². The van der Waals surface area contributed by atoms with Crippen LogP contribution in [0.5, 0.6) is 0 Å². The van der Waals surface area contributed by atoms with E-state index in [0.29, 0.717) is 29.3 Å². The second kappa shape index (κ2) is 9.67. The molecule has 1 aliphatic heterocycles. The van der Waals surface area contributed by atoms with E-state index in [2.05, 4.69) is 0 Å². The number of hydrogen-bond donors (Lipinski definition) is 0. The van der Waals surface area contributed by atoms with Crippen molar-refractivity contribution in [2.75, 3.05) is 13.7 Å². The molecule has 164 valence electrons. The lowest BCUT2D eigenvalue weighted by atomic mass is 9.95. The first-order valence-electron chi connectivity index (χ1n) is 10.0. The summed E-state index contributed by atoms with van der Waals surface area (Å²) in [6, 6.07) is 10.1. The highest BCUT2D eigenvalue weighted by Gasteiger charge is 2.33. The van der Waals surface area contributed by atoms with E-state index in [1.807, 2.05) is 13.0 Å². The Balaban J connectivity index is 1.93.